The Hall–Kier alpha value is -3.45. The Balaban J connectivity index is 1.67. The molecule has 3 N–H and O–H groups in total. The topological polar surface area (TPSA) is 102 Å². The fraction of sp³-hybridized carbons (Fsp3) is 0.292. The molecule has 31 heavy (non-hydrogen) atoms. The number of carbonyl (C=O) groups is 1. The highest BCUT2D eigenvalue weighted by atomic mass is 16.5. The zero-order valence-electron chi connectivity index (χ0n) is 17.7. The molecule has 7 heteroatoms. The molecule has 0 saturated heterocycles. The van der Waals surface area contributed by atoms with E-state index in [1.807, 2.05) is 54.4 Å². The summed E-state index contributed by atoms with van der Waals surface area (Å²) in [4.78, 5) is 22.4. The van der Waals surface area contributed by atoms with Crippen LogP contribution in [0.3, 0.4) is 0 Å². The molecule has 0 aliphatic heterocycles. The van der Waals surface area contributed by atoms with Gasteiger partial charge in [0.05, 0.1) is 11.3 Å². The molecule has 0 unspecified atom stereocenters. The van der Waals surface area contributed by atoms with E-state index in [-0.39, 0.29) is 5.56 Å². The Morgan fingerprint density at radius 3 is 2.42 bits per heavy atom. The number of anilines is 1. The van der Waals surface area contributed by atoms with Gasteiger partial charge in [-0.25, -0.2) is 14.8 Å². The van der Waals surface area contributed by atoms with Gasteiger partial charge < -0.3 is 20.5 Å². The summed E-state index contributed by atoms with van der Waals surface area (Å²) in [5.41, 5.74) is 8.44. The molecule has 0 fully saturated rings. The summed E-state index contributed by atoms with van der Waals surface area (Å²) in [6, 6.07) is 17.9. The maximum Gasteiger partial charge on any atom is 0.339 e. The average Bonchev–Trinajstić information content (AvgIpc) is 2.81. The molecular formula is C24H28N4O3. The second-order valence-electron chi connectivity index (χ2n) is 7.27. The van der Waals surface area contributed by atoms with E-state index < -0.39 is 5.97 Å². The molecule has 0 radical (unpaired) electrons. The molecule has 0 spiro atoms. The summed E-state index contributed by atoms with van der Waals surface area (Å²) in [5.74, 6) is 0.283. The Morgan fingerprint density at radius 2 is 1.74 bits per heavy atom. The summed E-state index contributed by atoms with van der Waals surface area (Å²) >= 11 is 0. The second-order valence-corrected chi connectivity index (χ2v) is 7.27. The maximum absolute atomic E-state index is 11.6. The van der Waals surface area contributed by atoms with Crippen LogP contribution in [0.2, 0.25) is 0 Å². The number of ether oxygens (including phenoxy) is 1. The van der Waals surface area contributed by atoms with Crippen LogP contribution in [0.4, 0.5) is 5.95 Å². The van der Waals surface area contributed by atoms with Crippen LogP contribution in [-0.4, -0.2) is 47.8 Å². The van der Waals surface area contributed by atoms with Gasteiger partial charge in [-0.15, -0.1) is 0 Å². The molecule has 162 valence electrons. The van der Waals surface area contributed by atoms with Crippen molar-refractivity contribution in [3.05, 3.63) is 83.2 Å². The Morgan fingerprint density at radius 1 is 1.03 bits per heavy atom. The zero-order chi connectivity index (χ0) is 22.1. The van der Waals surface area contributed by atoms with Crippen LogP contribution < -0.4 is 15.4 Å². The normalized spacial score (nSPS) is 10.6. The van der Waals surface area contributed by atoms with E-state index >= 15 is 0 Å². The number of carboxylic acids is 1. The van der Waals surface area contributed by atoms with Gasteiger partial charge in [-0.2, -0.15) is 0 Å². The van der Waals surface area contributed by atoms with Crippen molar-refractivity contribution in [2.24, 2.45) is 5.73 Å². The van der Waals surface area contributed by atoms with Crippen molar-refractivity contribution in [1.29, 1.82) is 0 Å². The third-order valence-electron chi connectivity index (χ3n) is 4.97. The van der Waals surface area contributed by atoms with Crippen molar-refractivity contribution in [2.45, 2.75) is 19.3 Å². The highest BCUT2D eigenvalue weighted by molar-refractivity contribution is 5.88. The van der Waals surface area contributed by atoms with Crippen LogP contribution >= 0.6 is 0 Å². The molecule has 2 aromatic carbocycles. The van der Waals surface area contributed by atoms with Gasteiger partial charge in [0.25, 0.3) is 0 Å². The molecule has 0 aliphatic carbocycles. The van der Waals surface area contributed by atoms with E-state index in [0.717, 1.165) is 24.3 Å². The zero-order valence-corrected chi connectivity index (χ0v) is 17.7. The molecule has 0 bridgehead atoms. The molecular weight excluding hydrogens is 392 g/mol. The first-order valence-electron chi connectivity index (χ1n) is 10.3. The predicted octanol–water partition coefficient (Wildman–Crippen LogP) is 2.98. The van der Waals surface area contributed by atoms with Gasteiger partial charge in [-0.3, -0.25) is 0 Å². The summed E-state index contributed by atoms with van der Waals surface area (Å²) in [5, 5.41) is 9.54. The Bertz CT molecular complexity index is 978. The fourth-order valence-electron chi connectivity index (χ4n) is 3.19. The summed E-state index contributed by atoms with van der Waals surface area (Å²) in [6.45, 7) is 1.68. The maximum atomic E-state index is 11.6. The lowest BCUT2D eigenvalue weighted by molar-refractivity contribution is 0.0694. The third-order valence-corrected chi connectivity index (χ3v) is 4.97. The largest absolute Gasteiger partial charge is 0.492 e. The van der Waals surface area contributed by atoms with Gasteiger partial charge in [-0.05, 0) is 42.5 Å². The van der Waals surface area contributed by atoms with E-state index in [0.29, 0.717) is 37.6 Å². The first-order chi connectivity index (χ1) is 15.1. The number of nitrogens with zero attached hydrogens (tertiary/aromatic N) is 3. The number of likely N-dealkylation sites (N-methyl/N-ethyl adjacent to an activating group) is 1. The van der Waals surface area contributed by atoms with Crippen LogP contribution in [-0.2, 0) is 19.3 Å². The molecule has 1 aromatic heterocycles. The van der Waals surface area contributed by atoms with Crippen LogP contribution in [0, 0.1) is 0 Å². The number of nitrogens with two attached hydrogens (primary N) is 1. The lowest BCUT2D eigenvalue weighted by Crippen LogP contribution is -2.24. The number of hydrogen-bond acceptors (Lipinski definition) is 6. The third kappa shape index (κ3) is 6.52. The van der Waals surface area contributed by atoms with Crippen LogP contribution in [0.15, 0.2) is 60.8 Å². The van der Waals surface area contributed by atoms with Crippen molar-refractivity contribution in [3.8, 4) is 5.75 Å². The lowest BCUT2D eigenvalue weighted by atomic mass is 10.1. The molecule has 0 saturated carbocycles. The SMILES string of the molecule is CN(CCc1ccccc1)c1ncc(C(=O)O)c(CCc2ccc(OCCN)cc2)n1. The van der Waals surface area contributed by atoms with Crippen LogP contribution in [0.5, 0.6) is 5.75 Å². The van der Waals surface area contributed by atoms with Crippen LogP contribution in [0.1, 0.15) is 27.2 Å². The average molecular weight is 421 g/mol. The number of rotatable bonds is 11. The van der Waals surface area contributed by atoms with E-state index in [2.05, 4.69) is 22.1 Å². The number of hydrogen-bond donors (Lipinski definition) is 2. The van der Waals surface area contributed by atoms with Crippen molar-refractivity contribution < 1.29 is 14.6 Å². The van der Waals surface area contributed by atoms with Gasteiger partial charge in [0.1, 0.15) is 12.4 Å². The second kappa shape index (κ2) is 11.1. The minimum atomic E-state index is -1.01. The van der Waals surface area contributed by atoms with Crippen molar-refractivity contribution in [1.82, 2.24) is 9.97 Å². The van der Waals surface area contributed by atoms with Gasteiger partial charge in [-0.1, -0.05) is 42.5 Å². The molecule has 1 heterocycles. The Labute approximate surface area is 182 Å². The molecule has 7 nitrogen and oxygen atoms in total. The molecule has 3 aromatic rings. The van der Waals surface area contributed by atoms with Gasteiger partial charge >= 0.3 is 5.97 Å². The van der Waals surface area contributed by atoms with E-state index in [1.165, 1.54) is 11.8 Å². The fourth-order valence-corrected chi connectivity index (χ4v) is 3.19. The number of benzene rings is 2. The highest BCUT2D eigenvalue weighted by Crippen LogP contribution is 2.17. The first kappa shape index (κ1) is 22.2. The smallest absolute Gasteiger partial charge is 0.339 e. The quantitative estimate of drug-likeness (QED) is 0.492. The van der Waals surface area contributed by atoms with Crippen molar-refractivity contribution in [3.63, 3.8) is 0 Å². The minimum Gasteiger partial charge on any atom is -0.492 e. The number of aromatic carboxylic acids is 1. The standard InChI is InChI=1S/C24H28N4O3/c1-28(15-13-18-5-3-2-4-6-18)24-26-17-21(23(29)30)22(27-24)12-9-19-7-10-20(11-8-19)31-16-14-25/h2-8,10-11,17H,9,12-16,25H2,1H3,(H,29,30). The molecule has 0 atom stereocenters. The number of carboxylic acid groups (broad SMARTS) is 1. The number of aromatic nitrogens is 2. The first-order valence-corrected chi connectivity index (χ1v) is 10.3. The van der Waals surface area contributed by atoms with Gasteiger partial charge in [0.2, 0.25) is 5.95 Å². The summed E-state index contributed by atoms with van der Waals surface area (Å²) < 4.78 is 5.49. The van der Waals surface area contributed by atoms with Gasteiger partial charge in [0.15, 0.2) is 0 Å². The van der Waals surface area contributed by atoms with Gasteiger partial charge in [0, 0.05) is 26.3 Å². The molecule has 3 rings (SSSR count). The monoisotopic (exact) mass is 420 g/mol. The Kier molecular flexibility index (Phi) is 7.95. The van der Waals surface area contributed by atoms with Crippen LogP contribution in [0.25, 0.3) is 0 Å². The summed E-state index contributed by atoms with van der Waals surface area (Å²) in [7, 11) is 1.92. The van der Waals surface area contributed by atoms with E-state index in [4.69, 9.17) is 10.5 Å². The summed E-state index contributed by atoms with van der Waals surface area (Å²) in [6.07, 6.45) is 3.44. The number of aryl methyl sites for hydroxylation is 2. The molecule has 0 amide bonds. The lowest BCUT2D eigenvalue weighted by Gasteiger charge is -2.18. The highest BCUT2D eigenvalue weighted by Gasteiger charge is 2.15. The van der Waals surface area contributed by atoms with Crippen molar-refractivity contribution in [2.75, 3.05) is 31.6 Å². The molecule has 0 aliphatic rings. The predicted molar refractivity (Wildman–Crippen MR) is 121 cm³/mol. The van der Waals surface area contributed by atoms with E-state index in [1.54, 1.807) is 0 Å². The minimum absolute atomic E-state index is 0.142. The van der Waals surface area contributed by atoms with E-state index in [9.17, 15) is 9.90 Å². The van der Waals surface area contributed by atoms with Crippen molar-refractivity contribution >= 4 is 11.9 Å².